The first kappa shape index (κ1) is 18.4. The van der Waals surface area contributed by atoms with Crippen molar-refractivity contribution in [3.63, 3.8) is 0 Å². The van der Waals surface area contributed by atoms with E-state index in [1.54, 1.807) is 12.4 Å². The highest BCUT2D eigenvalue weighted by Gasteiger charge is 2.22. The van der Waals surface area contributed by atoms with Crippen molar-refractivity contribution in [2.45, 2.75) is 46.0 Å². The highest BCUT2D eigenvalue weighted by Crippen LogP contribution is 2.24. The third-order valence-corrected chi connectivity index (χ3v) is 4.98. The van der Waals surface area contributed by atoms with E-state index in [2.05, 4.69) is 55.1 Å². The quantitative estimate of drug-likeness (QED) is 0.890. The molecule has 26 heavy (non-hydrogen) atoms. The number of likely N-dealkylation sites (tertiary alicyclic amines) is 1. The molecule has 0 bridgehead atoms. The first-order valence-corrected chi connectivity index (χ1v) is 9.32. The molecule has 1 saturated heterocycles. The van der Waals surface area contributed by atoms with Gasteiger partial charge < -0.3 is 10.2 Å². The van der Waals surface area contributed by atoms with Gasteiger partial charge in [0.05, 0.1) is 5.56 Å². The Labute approximate surface area is 155 Å². The first-order valence-electron chi connectivity index (χ1n) is 9.32. The standard InChI is InChI=1S/C21H28N4O/c1-15-9-11-25(12-10-15)19(26)16-13-22-20(23-14-16)24-18-7-5-17(6-8-18)21(2,3)4/h5-8,13-15H,9-12H2,1-4H3,(H,22,23,24). The van der Waals surface area contributed by atoms with Crippen LogP contribution in [0.3, 0.4) is 0 Å². The maximum Gasteiger partial charge on any atom is 0.256 e. The number of carbonyl (C=O) groups excluding carboxylic acids is 1. The number of anilines is 2. The van der Waals surface area contributed by atoms with E-state index in [-0.39, 0.29) is 11.3 Å². The molecule has 138 valence electrons. The third-order valence-electron chi connectivity index (χ3n) is 4.98. The summed E-state index contributed by atoms with van der Waals surface area (Å²) >= 11 is 0. The largest absolute Gasteiger partial charge is 0.339 e. The maximum atomic E-state index is 12.5. The fraction of sp³-hybridized carbons (Fsp3) is 0.476. The van der Waals surface area contributed by atoms with Crippen LogP contribution in [0, 0.1) is 5.92 Å². The smallest absolute Gasteiger partial charge is 0.256 e. The Kier molecular flexibility index (Phi) is 5.25. The molecule has 2 aromatic rings. The van der Waals surface area contributed by atoms with Gasteiger partial charge in [0.2, 0.25) is 5.95 Å². The molecule has 1 N–H and O–H groups in total. The number of amides is 1. The topological polar surface area (TPSA) is 58.1 Å². The molecule has 0 atom stereocenters. The summed E-state index contributed by atoms with van der Waals surface area (Å²) in [4.78, 5) is 23.0. The number of hydrogen-bond donors (Lipinski definition) is 1. The third kappa shape index (κ3) is 4.40. The zero-order valence-corrected chi connectivity index (χ0v) is 16.1. The number of benzene rings is 1. The van der Waals surface area contributed by atoms with Gasteiger partial charge in [-0.05, 0) is 41.9 Å². The lowest BCUT2D eigenvalue weighted by atomic mass is 9.87. The van der Waals surface area contributed by atoms with Crippen LogP contribution in [0.2, 0.25) is 0 Å². The zero-order chi connectivity index (χ0) is 18.7. The summed E-state index contributed by atoms with van der Waals surface area (Å²) in [6, 6.07) is 8.27. The SMILES string of the molecule is CC1CCN(C(=O)c2cnc(Nc3ccc(C(C)(C)C)cc3)nc2)CC1. The van der Waals surface area contributed by atoms with Crippen molar-refractivity contribution in [2.75, 3.05) is 18.4 Å². The van der Waals surface area contributed by atoms with E-state index in [0.717, 1.165) is 31.6 Å². The highest BCUT2D eigenvalue weighted by atomic mass is 16.2. The van der Waals surface area contributed by atoms with Gasteiger partial charge in [0.1, 0.15) is 0 Å². The van der Waals surface area contributed by atoms with Crippen molar-refractivity contribution >= 4 is 17.5 Å². The molecule has 1 aromatic carbocycles. The molecular formula is C21H28N4O. The van der Waals surface area contributed by atoms with Gasteiger partial charge in [0.25, 0.3) is 5.91 Å². The summed E-state index contributed by atoms with van der Waals surface area (Å²) in [6.45, 7) is 10.4. The Morgan fingerprint density at radius 2 is 1.65 bits per heavy atom. The molecule has 0 radical (unpaired) electrons. The molecule has 1 aromatic heterocycles. The molecule has 5 nitrogen and oxygen atoms in total. The number of piperidine rings is 1. The van der Waals surface area contributed by atoms with Gasteiger partial charge >= 0.3 is 0 Å². The van der Waals surface area contributed by atoms with Crippen molar-refractivity contribution < 1.29 is 4.79 Å². The molecule has 1 aliphatic rings. The molecule has 2 heterocycles. The lowest BCUT2D eigenvalue weighted by Crippen LogP contribution is -2.38. The predicted molar refractivity (Wildman–Crippen MR) is 105 cm³/mol. The van der Waals surface area contributed by atoms with Gasteiger partial charge in [-0.15, -0.1) is 0 Å². The monoisotopic (exact) mass is 352 g/mol. The Balaban J connectivity index is 1.63. The molecule has 1 amide bonds. The Bertz CT molecular complexity index is 739. The Hall–Kier alpha value is -2.43. The van der Waals surface area contributed by atoms with Gasteiger partial charge in [-0.25, -0.2) is 9.97 Å². The second-order valence-corrected chi connectivity index (χ2v) is 8.22. The van der Waals surface area contributed by atoms with E-state index in [1.807, 2.05) is 17.0 Å². The minimum atomic E-state index is 0.0259. The van der Waals surface area contributed by atoms with Crippen LogP contribution in [-0.2, 0) is 5.41 Å². The minimum Gasteiger partial charge on any atom is -0.339 e. The second kappa shape index (κ2) is 7.44. The fourth-order valence-electron chi connectivity index (χ4n) is 3.08. The van der Waals surface area contributed by atoms with Crippen LogP contribution in [0.4, 0.5) is 11.6 Å². The predicted octanol–water partition coefficient (Wildman–Crippen LogP) is 4.39. The maximum absolute atomic E-state index is 12.5. The summed E-state index contributed by atoms with van der Waals surface area (Å²) in [5.41, 5.74) is 2.89. The van der Waals surface area contributed by atoms with Crippen molar-refractivity contribution in [3.8, 4) is 0 Å². The van der Waals surface area contributed by atoms with Crippen LogP contribution in [-0.4, -0.2) is 33.9 Å². The van der Waals surface area contributed by atoms with E-state index in [1.165, 1.54) is 5.56 Å². The fourth-order valence-corrected chi connectivity index (χ4v) is 3.08. The molecule has 0 aliphatic carbocycles. The molecule has 1 fully saturated rings. The number of hydrogen-bond acceptors (Lipinski definition) is 4. The van der Waals surface area contributed by atoms with Crippen LogP contribution in [0.5, 0.6) is 0 Å². The van der Waals surface area contributed by atoms with E-state index >= 15 is 0 Å². The number of rotatable bonds is 3. The molecule has 5 heteroatoms. The normalized spacial score (nSPS) is 15.8. The van der Waals surface area contributed by atoms with Crippen molar-refractivity contribution in [2.24, 2.45) is 5.92 Å². The Morgan fingerprint density at radius 1 is 1.08 bits per heavy atom. The molecule has 1 aliphatic heterocycles. The summed E-state index contributed by atoms with van der Waals surface area (Å²) < 4.78 is 0. The number of nitrogens with one attached hydrogen (secondary N) is 1. The summed E-state index contributed by atoms with van der Waals surface area (Å²) in [7, 11) is 0. The average molecular weight is 352 g/mol. The van der Waals surface area contributed by atoms with Crippen LogP contribution < -0.4 is 5.32 Å². The number of carbonyl (C=O) groups is 1. The van der Waals surface area contributed by atoms with Crippen LogP contribution in [0.25, 0.3) is 0 Å². The van der Waals surface area contributed by atoms with E-state index < -0.39 is 0 Å². The van der Waals surface area contributed by atoms with Crippen molar-refractivity contribution in [3.05, 3.63) is 47.8 Å². The van der Waals surface area contributed by atoms with Crippen LogP contribution in [0.1, 0.15) is 56.5 Å². The Morgan fingerprint density at radius 3 is 2.19 bits per heavy atom. The molecule has 0 saturated carbocycles. The zero-order valence-electron chi connectivity index (χ0n) is 16.1. The van der Waals surface area contributed by atoms with Crippen molar-refractivity contribution in [1.29, 1.82) is 0 Å². The minimum absolute atomic E-state index is 0.0259. The molecule has 3 rings (SSSR count). The lowest BCUT2D eigenvalue weighted by Gasteiger charge is -2.30. The van der Waals surface area contributed by atoms with E-state index in [9.17, 15) is 4.79 Å². The van der Waals surface area contributed by atoms with E-state index in [4.69, 9.17) is 0 Å². The highest BCUT2D eigenvalue weighted by molar-refractivity contribution is 5.93. The first-order chi connectivity index (χ1) is 12.3. The van der Waals surface area contributed by atoms with Gasteiger partial charge in [-0.2, -0.15) is 0 Å². The average Bonchev–Trinajstić information content (AvgIpc) is 2.62. The van der Waals surface area contributed by atoms with Gasteiger partial charge in [-0.3, -0.25) is 4.79 Å². The summed E-state index contributed by atoms with van der Waals surface area (Å²) in [5, 5.41) is 3.19. The molecule has 0 spiro atoms. The summed E-state index contributed by atoms with van der Waals surface area (Å²) in [5.74, 6) is 1.22. The molecule has 0 unspecified atom stereocenters. The van der Waals surface area contributed by atoms with Gasteiger partial charge in [0.15, 0.2) is 0 Å². The number of nitrogens with zero attached hydrogens (tertiary/aromatic N) is 3. The lowest BCUT2D eigenvalue weighted by molar-refractivity contribution is 0.0696. The van der Waals surface area contributed by atoms with Gasteiger partial charge in [0, 0.05) is 31.2 Å². The second-order valence-electron chi connectivity index (χ2n) is 8.22. The van der Waals surface area contributed by atoms with Crippen LogP contribution in [0.15, 0.2) is 36.7 Å². The number of aromatic nitrogens is 2. The van der Waals surface area contributed by atoms with Crippen molar-refractivity contribution in [1.82, 2.24) is 14.9 Å². The summed E-state index contributed by atoms with van der Waals surface area (Å²) in [6.07, 6.45) is 5.35. The molecular weight excluding hydrogens is 324 g/mol. The van der Waals surface area contributed by atoms with Gasteiger partial charge in [-0.1, -0.05) is 39.8 Å². The van der Waals surface area contributed by atoms with Crippen LogP contribution >= 0.6 is 0 Å². The van der Waals surface area contributed by atoms with E-state index in [0.29, 0.717) is 17.4 Å².